The second-order valence-corrected chi connectivity index (χ2v) is 7.15. The number of rotatable bonds is 7. The minimum Gasteiger partial charge on any atom is -0.492 e. The normalized spacial score (nSPS) is 12.6. The number of hydrogen-bond acceptors (Lipinski definition) is 1. The average Bonchev–Trinajstić information content (AvgIpc) is 2.44. The summed E-state index contributed by atoms with van der Waals surface area (Å²) in [5.41, 5.74) is 3.02. The van der Waals surface area contributed by atoms with Gasteiger partial charge in [0.25, 0.3) is 0 Å². The first-order valence-corrected chi connectivity index (χ1v) is 8.22. The highest BCUT2D eigenvalue weighted by molar-refractivity contribution is 7.80. The van der Waals surface area contributed by atoms with Crippen LogP contribution >= 0.6 is 12.6 Å². The minimum atomic E-state index is 0.122. The van der Waals surface area contributed by atoms with E-state index in [4.69, 9.17) is 17.4 Å². The summed E-state index contributed by atoms with van der Waals surface area (Å²) in [6, 6.07) is 6.67. The Kier molecular flexibility index (Phi) is 6.00. The molecule has 0 bridgehead atoms. The number of ether oxygens (including phenoxy) is 1. The lowest BCUT2D eigenvalue weighted by atomic mass is 9.76. The van der Waals surface area contributed by atoms with E-state index in [2.05, 4.69) is 59.7 Å². The second-order valence-electron chi connectivity index (χ2n) is 6.74. The maximum Gasteiger partial charge on any atom is 0.123 e. The fourth-order valence-corrected chi connectivity index (χ4v) is 2.24. The Hall–Kier alpha value is -0.630. The molecule has 1 radical (unpaired) electrons. The molecule has 2 heteroatoms. The zero-order valence-corrected chi connectivity index (χ0v) is 14.7. The van der Waals surface area contributed by atoms with Crippen LogP contribution in [0, 0.1) is 0 Å². The van der Waals surface area contributed by atoms with Gasteiger partial charge in [0.2, 0.25) is 0 Å². The van der Waals surface area contributed by atoms with Crippen molar-refractivity contribution in [2.24, 2.45) is 0 Å². The summed E-state index contributed by atoms with van der Waals surface area (Å²) in [6.07, 6.45) is 2.22. The lowest BCUT2D eigenvalue weighted by Gasteiger charge is -2.30. The molecular formula is C18H29OS. The summed E-state index contributed by atoms with van der Waals surface area (Å²) in [5.74, 6) is 1.63. The zero-order chi connectivity index (χ0) is 15.4. The van der Waals surface area contributed by atoms with Gasteiger partial charge in [0, 0.05) is 11.3 Å². The molecule has 0 unspecified atom stereocenters. The van der Waals surface area contributed by atoms with Crippen molar-refractivity contribution < 1.29 is 4.74 Å². The average molecular weight is 293 g/mol. The van der Waals surface area contributed by atoms with Gasteiger partial charge in [-0.15, -0.1) is 0 Å². The van der Waals surface area contributed by atoms with E-state index in [1.54, 1.807) is 0 Å². The van der Waals surface area contributed by atoms with E-state index in [-0.39, 0.29) is 10.8 Å². The highest BCUT2D eigenvalue weighted by atomic mass is 32.1. The van der Waals surface area contributed by atoms with Crippen molar-refractivity contribution in [1.29, 1.82) is 0 Å². The van der Waals surface area contributed by atoms with Gasteiger partial charge in [-0.25, -0.2) is 0 Å². The summed E-state index contributed by atoms with van der Waals surface area (Å²) < 4.78 is 5.87. The van der Waals surface area contributed by atoms with Gasteiger partial charge in [0.05, 0.1) is 6.61 Å². The summed E-state index contributed by atoms with van der Waals surface area (Å²) in [7, 11) is 0. The van der Waals surface area contributed by atoms with Gasteiger partial charge in [-0.1, -0.05) is 66.3 Å². The predicted octanol–water partition coefficient (Wildman–Crippen LogP) is 5.64. The van der Waals surface area contributed by atoms with Crippen LogP contribution in [0.2, 0.25) is 0 Å². The fraction of sp³-hybridized carbons (Fsp3) is 0.667. The molecule has 1 rings (SSSR count). The van der Waals surface area contributed by atoms with Gasteiger partial charge in [0.1, 0.15) is 5.75 Å². The van der Waals surface area contributed by atoms with Gasteiger partial charge < -0.3 is 4.74 Å². The van der Waals surface area contributed by atoms with E-state index in [9.17, 15) is 0 Å². The van der Waals surface area contributed by atoms with Crippen molar-refractivity contribution in [3.63, 3.8) is 0 Å². The van der Waals surface area contributed by atoms with Crippen LogP contribution in [-0.4, -0.2) is 12.4 Å². The summed E-state index contributed by atoms with van der Waals surface area (Å²) >= 11 is 5.00. The van der Waals surface area contributed by atoms with E-state index in [1.807, 2.05) is 0 Å². The van der Waals surface area contributed by atoms with Crippen molar-refractivity contribution in [3.05, 3.63) is 29.3 Å². The number of benzene rings is 1. The molecule has 0 aliphatic heterocycles. The summed E-state index contributed by atoms with van der Waals surface area (Å²) in [6.45, 7) is 14.3. The lowest BCUT2D eigenvalue weighted by Crippen LogP contribution is -2.21. The Morgan fingerprint density at radius 3 is 2.10 bits per heavy atom. The molecule has 0 aliphatic carbocycles. The quantitative estimate of drug-likeness (QED) is 0.632. The highest BCUT2D eigenvalue weighted by Crippen LogP contribution is 2.38. The number of hydrogen-bond donors (Lipinski definition) is 0. The Bertz CT molecular complexity index is 435. The summed E-state index contributed by atoms with van der Waals surface area (Å²) in [5, 5.41) is 0. The van der Waals surface area contributed by atoms with Gasteiger partial charge in [-0.3, -0.25) is 0 Å². The van der Waals surface area contributed by atoms with Gasteiger partial charge in [-0.2, -0.15) is 0 Å². The summed E-state index contributed by atoms with van der Waals surface area (Å²) in [4.78, 5) is 0. The van der Waals surface area contributed by atoms with Crippen molar-refractivity contribution in [1.82, 2.24) is 0 Å². The Labute approximate surface area is 130 Å². The monoisotopic (exact) mass is 293 g/mol. The van der Waals surface area contributed by atoms with Crippen LogP contribution in [0.3, 0.4) is 0 Å². The van der Waals surface area contributed by atoms with Crippen LogP contribution in [0.4, 0.5) is 0 Å². The fourth-order valence-electron chi connectivity index (χ4n) is 2.15. The van der Waals surface area contributed by atoms with Gasteiger partial charge >= 0.3 is 0 Å². The van der Waals surface area contributed by atoms with Crippen molar-refractivity contribution in [3.8, 4) is 5.75 Å². The molecule has 1 nitrogen and oxygen atoms in total. The van der Waals surface area contributed by atoms with E-state index in [0.717, 1.165) is 18.6 Å². The third-order valence-corrected chi connectivity index (χ3v) is 4.77. The van der Waals surface area contributed by atoms with Crippen LogP contribution < -0.4 is 4.74 Å². The molecule has 0 amide bonds. The molecule has 0 saturated carbocycles. The first-order chi connectivity index (χ1) is 9.28. The standard InChI is InChI=1S/C18H29OS/c1-7-17(3,4)14-9-10-16(19-11-12-20)15(13-14)18(5,6)8-2/h9-10,13H,7-8,11-12H2,1-6H3. The Balaban J connectivity index is 3.29. The molecule has 0 N–H and O–H groups in total. The molecule has 113 valence electrons. The lowest BCUT2D eigenvalue weighted by molar-refractivity contribution is 0.329. The zero-order valence-electron chi connectivity index (χ0n) is 13.9. The first kappa shape index (κ1) is 17.4. The largest absolute Gasteiger partial charge is 0.492 e. The van der Waals surface area contributed by atoms with E-state index < -0.39 is 0 Å². The van der Waals surface area contributed by atoms with Crippen molar-refractivity contribution in [2.75, 3.05) is 12.4 Å². The third-order valence-electron chi connectivity index (χ3n) is 4.60. The van der Waals surface area contributed by atoms with E-state index >= 15 is 0 Å². The molecule has 0 aromatic heterocycles. The molecule has 1 aromatic rings. The van der Waals surface area contributed by atoms with Crippen LogP contribution in [0.5, 0.6) is 5.75 Å². The maximum atomic E-state index is 5.87. The van der Waals surface area contributed by atoms with Crippen molar-refractivity contribution >= 4 is 12.6 Å². The Morgan fingerprint density at radius 1 is 1.00 bits per heavy atom. The molecule has 0 heterocycles. The Morgan fingerprint density at radius 2 is 1.60 bits per heavy atom. The second kappa shape index (κ2) is 6.89. The maximum absolute atomic E-state index is 5.87. The SMILES string of the molecule is CCC(C)(C)c1ccc(OCC[S])c(C(C)(C)CC)c1. The molecule has 0 saturated heterocycles. The van der Waals surface area contributed by atoms with Crippen LogP contribution in [0.1, 0.15) is 65.5 Å². The first-order valence-electron chi connectivity index (χ1n) is 7.64. The smallest absolute Gasteiger partial charge is 0.123 e. The van der Waals surface area contributed by atoms with Crippen LogP contribution in [0.25, 0.3) is 0 Å². The molecule has 1 aromatic carbocycles. The highest BCUT2D eigenvalue weighted by Gasteiger charge is 2.26. The van der Waals surface area contributed by atoms with Crippen LogP contribution in [-0.2, 0) is 10.8 Å². The molecule has 0 spiro atoms. The van der Waals surface area contributed by atoms with Crippen molar-refractivity contribution in [2.45, 2.75) is 65.2 Å². The third kappa shape index (κ3) is 3.94. The topological polar surface area (TPSA) is 9.23 Å². The van der Waals surface area contributed by atoms with Gasteiger partial charge in [-0.05, 0) is 35.3 Å². The molecule has 0 aliphatic rings. The predicted molar refractivity (Wildman–Crippen MR) is 91.0 cm³/mol. The molecular weight excluding hydrogens is 264 g/mol. The molecule has 20 heavy (non-hydrogen) atoms. The van der Waals surface area contributed by atoms with E-state index in [1.165, 1.54) is 11.1 Å². The van der Waals surface area contributed by atoms with E-state index in [0.29, 0.717) is 12.4 Å². The van der Waals surface area contributed by atoms with Gasteiger partial charge in [0.15, 0.2) is 0 Å². The van der Waals surface area contributed by atoms with Crippen LogP contribution in [0.15, 0.2) is 18.2 Å². The molecule has 0 fully saturated rings. The minimum absolute atomic E-state index is 0.122. The molecule has 0 atom stereocenters.